The lowest BCUT2D eigenvalue weighted by Crippen LogP contribution is -2.14. The maximum absolute atomic E-state index is 12.4. The van der Waals surface area contributed by atoms with Crippen molar-refractivity contribution in [2.75, 3.05) is 10.6 Å². The van der Waals surface area contributed by atoms with E-state index in [1.165, 1.54) is 6.92 Å². The summed E-state index contributed by atoms with van der Waals surface area (Å²) in [7, 11) is 0. The van der Waals surface area contributed by atoms with Crippen LogP contribution in [0.25, 0.3) is 11.1 Å². The molecule has 6 heteroatoms. The summed E-state index contributed by atoms with van der Waals surface area (Å²) < 4.78 is 5.57. The summed E-state index contributed by atoms with van der Waals surface area (Å²) in [5, 5.41) is 5.34. The van der Waals surface area contributed by atoms with Crippen molar-refractivity contribution < 1.29 is 14.0 Å². The van der Waals surface area contributed by atoms with E-state index < -0.39 is 0 Å². The second-order valence-corrected chi connectivity index (χ2v) is 7.16. The molecule has 2 N–H and O–H groups in total. The predicted octanol–water partition coefficient (Wildman–Crippen LogP) is 4.34. The van der Waals surface area contributed by atoms with Gasteiger partial charge in [-0.3, -0.25) is 14.9 Å². The van der Waals surface area contributed by atoms with E-state index >= 15 is 0 Å². The van der Waals surface area contributed by atoms with Gasteiger partial charge in [-0.05, 0) is 35.2 Å². The third kappa shape index (κ3) is 3.91. The molecular weight excluding hydrogens is 330 g/mol. The number of hydrogen-bond donors (Lipinski definition) is 2. The molecule has 0 saturated heterocycles. The lowest BCUT2D eigenvalue weighted by Gasteiger charge is -2.18. The number of carbonyl (C=O) groups excluding carboxylic acids is 2. The van der Waals surface area contributed by atoms with Crippen LogP contribution in [-0.4, -0.2) is 16.8 Å². The van der Waals surface area contributed by atoms with Gasteiger partial charge in [-0.1, -0.05) is 32.9 Å². The van der Waals surface area contributed by atoms with Crippen LogP contribution in [0.2, 0.25) is 0 Å². The van der Waals surface area contributed by atoms with Crippen LogP contribution < -0.4 is 10.6 Å². The van der Waals surface area contributed by atoms with Crippen molar-refractivity contribution in [3.05, 3.63) is 53.6 Å². The zero-order valence-corrected chi connectivity index (χ0v) is 15.2. The van der Waals surface area contributed by atoms with E-state index in [-0.39, 0.29) is 23.2 Å². The number of rotatable bonds is 3. The van der Waals surface area contributed by atoms with Crippen molar-refractivity contribution in [2.45, 2.75) is 33.1 Å². The van der Waals surface area contributed by atoms with Crippen LogP contribution in [0, 0.1) is 0 Å². The van der Waals surface area contributed by atoms with E-state index in [9.17, 15) is 9.59 Å². The maximum atomic E-state index is 12.4. The van der Waals surface area contributed by atoms with Crippen LogP contribution in [0.15, 0.2) is 46.9 Å². The van der Waals surface area contributed by atoms with Crippen LogP contribution in [0.1, 0.15) is 43.6 Å². The fourth-order valence-corrected chi connectivity index (χ4v) is 2.55. The number of nitrogens with zero attached hydrogens (tertiary/aromatic N) is 1. The van der Waals surface area contributed by atoms with Gasteiger partial charge in [0.25, 0.3) is 5.91 Å². The van der Waals surface area contributed by atoms with E-state index in [2.05, 4.69) is 36.4 Å². The number of amides is 2. The van der Waals surface area contributed by atoms with E-state index in [0.29, 0.717) is 22.4 Å². The lowest BCUT2D eigenvalue weighted by molar-refractivity contribution is -0.114. The second kappa shape index (κ2) is 6.63. The summed E-state index contributed by atoms with van der Waals surface area (Å²) in [6, 6.07) is 12.7. The number of carbonyl (C=O) groups is 2. The molecular formula is C20H21N3O3. The normalized spacial score (nSPS) is 11.4. The van der Waals surface area contributed by atoms with E-state index in [4.69, 9.17) is 4.42 Å². The van der Waals surface area contributed by atoms with Crippen LogP contribution in [-0.2, 0) is 10.2 Å². The molecule has 0 saturated carbocycles. The summed E-state index contributed by atoms with van der Waals surface area (Å²) in [6.45, 7) is 7.79. The number of benzene rings is 2. The van der Waals surface area contributed by atoms with E-state index in [1.54, 1.807) is 30.3 Å². The number of oxazole rings is 1. The quantitative estimate of drug-likeness (QED) is 0.735. The molecule has 0 spiro atoms. The third-order valence-corrected chi connectivity index (χ3v) is 3.94. The Hall–Kier alpha value is -3.15. The lowest BCUT2D eigenvalue weighted by atomic mass is 9.87. The van der Waals surface area contributed by atoms with E-state index in [1.807, 2.05) is 12.1 Å². The molecule has 0 aliphatic carbocycles. The molecule has 0 atom stereocenters. The van der Waals surface area contributed by atoms with Gasteiger partial charge in [-0.15, -0.1) is 0 Å². The molecule has 0 fully saturated rings. The van der Waals surface area contributed by atoms with Crippen molar-refractivity contribution in [1.82, 2.24) is 4.98 Å². The molecule has 1 heterocycles. The highest BCUT2D eigenvalue weighted by Gasteiger charge is 2.15. The van der Waals surface area contributed by atoms with Crippen molar-refractivity contribution in [3.8, 4) is 0 Å². The Morgan fingerprint density at radius 3 is 2.31 bits per heavy atom. The van der Waals surface area contributed by atoms with Crippen molar-refractivity contribution in [2.24, 2.45) is 0 Å². The molecule has 0 aliphatic heterocycles. The monoisotopic (exact) mass is 351 g/mol. The van der Waals surface area contributed by atoms with Gasteiger partial charge in [0, 0.05) is 24.2 Å². The Kier molecular flexibility index (Phi) is 4.50. The van der Waals surface area contributed by atoms with Gasteiger partial charge in [0.15, 0.2) is 5.58 Å². The molecule has 0 unspecified atom stereocenters. The van der Waals surface area contributed by atoms with Gasteiger partial charge in [0.1, 0.15) is 5.52 Å². The number of nitrogens with one attached hydrogen (secondary N) is 2. The van der Waals surface area contributed by atoms with Crippen LogP contribution in [0.4, 0.5) is 11.7 Å². The van der Waals surface area contributed by atoms with Crippen molar-refractivity contribution in [3.63, 3.8) is 0 Å². The molecule has 2 aromatic carbocycles. The first-order chi connectivity index (χ1) is 12.2. The Morgan fingerprint density at radius 2 is 1.69 bits per heavy atom. The van der Waals surface area contributed by atoms with Crippen LogP contribution >= 0.6 is 0 Å². The minimum absolute atomic E-state index is 0.0287. The zero-order valence-electron chi connectivity index (χ0n) is 15.2. The van der Waals surface area contributed by atoms with Gasteiger partial charge in [-0.25, -0.2) is 0 Å². The Balaban J connectivity index is 1.77. The second-order valence-electron chi connectivity index (χ2n) is 7.16. The third-order valence-electron chi connectivity index (χ3n) is 3.94. The van der Waals surface area contributed by atoms with Crippen LogP contribution in [0.3, 0.4) is 0 Å². The first-order valence-corrected chi connectivity index (χ1v) is 8.32. The average molecular weight is 351 g/mol. The highest BCUT2D eigenvalue weighted by atomic mass is 16.4. The fourth-order valence-electron chi connectivity index (χ4n) is 2.55. The molecule has 6 nitrogen and oxygen atoms in total. The molecule has 0 radical (unpaired) electrons. The van der Waals surface area contributed by atoms with Crippen molar-refractivity contribution in [1.29, 1.82) is 0 Å². The Labute approximate surface area is 151 Å². The average Bonchev–Trinajstić information content (AvgIpc) is 2.95. The number of hydrogen-bond acceptors (Lipinski definition) is 4. The summed E-state index contributed by atoms with van der Waals surface area (Å²) in [4.78, 5) is 27.8. The molecule has 2 amide bonds. The minimum atomic E-state index is -0.293. The highest BCUT2D eigenvalue weighted by Crippen LogP contribution is 2.24. The number of aromatic nitrogens is 1. The molecule has 3 rings (SSSR count). The molecule has 1 aromatic heterocycles. The van der Waals surface area contributed by atoms with Gasteiger partial charge in [0.2, 0.25) is 5.91 Å². The summed E-state index contributed by atoms with van der Waals surface area (Å²) in [5.41, 5.74) is 3.39. The summed E-state index contributed by atoms with van der Waals surface area (Å²) in [5.74, 6) is -0.463. The molecule has 26 heavy (non-hydrogen) atoms. The minimum Gasteiger partial charge on any atom is -0.423 e. The van der Waals surface area contributed by atoms with Crippen LogP contribution in [0.5, 0.6) is 0 Å². The molecule has 0 bridgehead atoms. The van der Waals surface area contributed by atoms with E-state index in [0.717, 1.165) is 5.56 Å². The smallest absolute Gasteiger partial charge is 0.302 e. The molecule has 3 aromatic rings. The largest absolute Gasteiger partial charge is 0.423 e. The fraction of sp³-hybridized carbons (Fsp3) is 0.250. The highest BCUT2D eigenvalue weighted by molar-refractivity contribution is 6.03. The first-order valence-electron chi connectivity index (χ1n) is 8.32. The Morgan fingerprint density at radius 1 is 1.00 bits per heavy atom. The van der Waals surface area contributed by atoms with Gasteiger partial charge in [0.05, 0.1) is 0 Å². The summed E-state index contributed by atoms with van der Waals surface area (Å²) in [6.07, 6.45) is 0. The SMILES string of the molecule is CC(=O)Nc1ccc2nc(NC(=O)c3ccc(C(C)(C)C)cc3)oc2c1. The molecule has 134 valence electrons. The topological polar surface area (TPSA) is 84.2 Å². The maximum Gasteiger partial charge on any atom is 0.302 e. The van der Waals surface area contributed by atoms with Crippen molar-refractivity contribution >= 4 is 34.6 Å². The standard InChI is InChI=1S/C20H21N3O3/c1-12(24)21-15-9-10-16-17(11-15)26-19(22-16)23-18(25)13-5-7-14(8-6-13)20(2,3)4/h5-11H,1-4H3,(H,21,24)(H,22,23,25). The molecule has 0 aliphatic rings. The number of fused-ring (bicyclic) bond motifs is 1. The first kappa shape index (κ1) is 17.7. The Bertz CT molecular complexity index is 966. The zero-order chi connectivity index (χ0) is 18.9. The van der Waals surface area contributed by atoms with Gasteiger partial charge >= 0.3 is 6.01 Å². The predicted molar refractivity (Wildman–Crippen MR) is 101 cm³/mol. The van der Waals surface area contributed by atoms with Gasteiger partial charge in [-0.2, -0.15) is 4.98 Å². The number of anilines is 2. The van der Waals surface area contributed by atoms with Gasteiger partial charge < -0.3 is 9.73 Å². The summed E-state index contributed by atoms with van der Waals surface area (Å²) >= 11 is 0.